The van der Waals surface area contributed by atoms with Crippen molar-refractivity contribution in [3.05, 3.63) is 48.2 Å². The third-order valence-electron chi connectivity index (χ3n) is 2.38. The Morgan fingerprint density at radius 3 is 2.60 bits per heavy atom. The Hall–Kier alpha value is -1.28. The van der Waals surface area contributed by atoms with E-state index in [0.29, 0.717) is 13.2 Å². The molecule has 2 nitrogen and oxygen atoms in total. The van der Waals surface area contributed by atoms with Gasteiger partial charge in [0.1, 0.15) is 0 Å². The molecular formula is C13H19NO. The third kappa shape index (κ3) is 3.40. The average Bonchev–Trinajstić information content (AvgIpc) is 2.27. The molecule has 0 saturated heterocycles. The van der Waals surface area contributed by atoms with Crippen molar-refractivity contribution in [3.8, 4) is 0 Å². The number of allylic oxidation sites excluding steroid dienone is 1. The summed E-state index contributed by atoms with van der Waals surface area (Å²) in [5.41, 5.74) is 6.83. The van der Waals surface area contributed by atoms with Crippen LogP contribution in [0.2, 0.25) is 0 Å². The molecule has 0 bridgehead atoms. The topological polar surface area (TPSA) is 35.2 Å². The van der Waals surface area contributed by atoms with Crippen molar-refractivity contribution in [1.29, 1.82) is 0 Å². The van der Waals surface area contributed by atoms with Crippen LogP contribution in [-0.4, -0.2) is 13.2 Å². The summed E-state index contributed by atoms with van der Waals surface area (Å²) in [5.74, 6) is 1.03. The zero-order chi connectivity index (χ0) is 11.1. The van der Waals surface area contributed by atoms with Crippen molar-refractivity contribution < 1.29 is 4.74 Å². The number of nitrogens with two attached hydrogens (primary N) is 1. The van der Waals surface area contributed by atoms with Gasteiger partial charge in [-0.05, 0) is 25.5 Å². The first kappa shape index (κ1) is 11.8. The molecule has 2 heteroatoms. The first-order chi connectivity index (χ1) is 7.29. The molecule has 82 valence electrons. The van der Waals surface area contributed by atoms with Gasteiger partial charge in [-0.1, -0.05) is 36.9 Å². The normalized spacial score (nSPS) is 12.1. The van der Waals surface area contributed by atoms with Crippen LogP contribution in [0.15, 0.2) is 42.7 Å². The molecule has 0 saturated carbocycles. The summed E-state index contributed by atoms with van der Waals surface area (Å²) in [6.45, 7) is 7.23. The monoisotopic (exact) mass is 205 g/mol. The largest absolute Gasteiger partial charge is 0.498 e. The lowest BCUT2D eigenvalue weighted by Crippen LogP contribution is -2.11. The second kappa shape index (κ2) is 6.25. The van der Waals surface area contributed by atoms with Gasteiger partial charge in [-0.3, -0.25) is 0 Å². The summed E-state index contributed by atoms with van der Waals surface area (Å²) < 4.78 is 5.46. The number of ether oxygens (including phenoxy) is 1. The van der Waals surface area contributed by atoms with Crippen LogP contribution in [0.3, 0.4) is 0 Å². The summed E-state index contributed by atoms with van der Waals surface area (Å²) in [6, 6.07) is 10.2. The Labute approximate surface area is 91.7 Å². The quantitative estimate of drug-likeness (QED) is 0.725. The molecule has 0 amide bonds. The fourth-order valence-electron chi connectivity index (χ4n) is 1.65. The second-order valence-electron chi connectivity index (χ2n) is 3.44. The Kier molecular flexibility index (Phi) is 4.91. The number of rotatable bonds is 6. The molecular weight excluding hydrogens is 186 g/mol. The van der Waals surface area contributed by atoms with Gasteiger partial charge in [-0.25, -0.2) is 0 Å². The van der Waals surface area contributed by atoms with Gasteiger partial charge in [-0.15, -0.1) is 0 Å². The lowest BCUT2D eigenvalue weighted by Gasteiger charge is -2.19. The van der Waals surface area contributed by atoms with E-state index in [9.17, 15) is 0 Å². The van der Waals surface area contributed by atoms with Crippen LogP contribution in [-0.2, 0) is 4.74 Å². The highest BCUT2D eigenvalue weighted by atomic mass is 16.5. The van der Waals surface area contributed by atoms with E-state index in [-0.39, 0.29) is 5.92 Å². The van der Waals surface area contributed by atoms with Gasteiger partial charge in [0.25, 0.3) is 0 Å². The van der Waals surface area contributed by atoms with E-state index in [1.165, 1.54) is 5.56 Å². The molecule has 0 aliphatic carbocycles. The Morgan fingerprint density at radius 2 is 2.07 bits per heavy atom. The Bertz CT molecular complexity index is 295. The molecule has 1 aromatic rings. The number of hydrogen-bond donors (Lipinski definition) is 1. The van der Waals surface area contributed by atoms with E-state index in [4.69, 9.17) is 10.5 Å². The van der Waals surface area contributed by atoms with E-state index in [2.05, 4.69) is 18.7 Å². The standard InChI is InChI=1S/C13H19NO/c1-3-15-11(2)13(9-10-14)12-7-5-4-6-8-12/h4-8,13H,2-3,9-10,14H2,1H3. The van der Waals surface area contributed by atoms with Crippen molar-refractivity contribution in [2.24, 2.45) is 5.73 Å². The van der Waals surface area contributed by atoms with Crippen LogP contribution >= 0.6 is 0 Å². The van der Waals surface area contributed by atoms with Crippen LogP contribution in [0.4, 0.5) is 0 Å². The Morgan fingerprint density at radius 1 is 1.40 bits per heavy atom. The maximum Gasteiger partial charge on any atom is 0.0963 e. The van der Waals surface area contributed by atoms with Crippen molar-refractivity contribution in [2.45, 2.75) is 19.3 Å². The van der Waals surface area contributed by atoms with Crippen molar-refractivity contribution >= 4 is 0 Å². The molecule has 0 aromatic heterocycles. The lowest BCUT2D eigenvalue weighted by atomic mass is 9.94. The first-order valence-electron chi connectivity index (χ1n) is 5.36. The van der Waals surface area contributed by atoms with E-state index in [0.717, 1.165) is 12.2 Å². The molecule has 0 heterocycles. The van der Waals surface area contributed by atoms with Crippen LogP contribution in [0.25, 0.3) is 0 Å². The zero-order valence-corrected chi connectivity index (χ0v) is 9.28. The molecule has 0 aliphatic rings. The van der Waals surface area contributed by atoms with E-state index >= 15 is 0 Å². The second-order valence-corrected chi connectivity index (χ2v) is 3.44. The molecule has 0 aliphatic heterocycles. The maximum absolute atomic E-state index is 5.60. The predicted octanol–water partition coefficient (Wildman–Crippen LogP) is 2.67. The molecule has 2 N–H and O–H groups in total. The minimum Gasteiger partial charge on any atom is -0.498 e. The number of benzene rings is 1. The van der Waals surface area contributed by atoms with Crippen LogP contribution in [0, 0.1) is 0 Å². The molecule has 0 fully saturated rings. The minimum atomic E-state index is 0.219. The summed E-state index contributed by atoms with van der Waals surface area (Å²) in [7, 11) is 0. The van der Waals surface area contributed by atoms with Gasteiger partial charge in [0.15, 0.2) is 0 Å². The fourth-order valence-corrected chi connectivity index (χ4v) is 1.65. The third-order valence-corrected chi connectivity index (χ3v) is 2.38. The highest BCUT2D eigenvalue weighted by molar-refractivity contribution is 5.25. The lowest BCUT2D eigenvalue weighted by molar-refractivity contribution is 0.208. The minimum absolute atomic E-state index is 0.219. The van der Waals surface area contributed by atoms with Crippen molar-refractivity contribution in [3.63, 3.8) is 0 Å². The summed E-state index contributed by atoms with van der Waals surface area (Å²) in [6.07, 6.45) is 0.878. The van der Waals surface area contributed by atoms with Crippen LogP contribution in [0.1, 0.15) is 24.8 Å². The predicted molar refractivity (Wildman–Crippen MR) is 63.6 cm³/mol. The molecule has 1 atom stereocenters. The molecule has 15 heavy (non-hydrogen) atoms. The van der Waals surface area contributed by atoms with Gasteiger partial charge < -0.3 is 10.5 Å². The van der Waals surface area contributed by atoms with Gasteiger partial charge in [0.05, 0.1) is 12.4 Å². The Balaban J connectivity index is 2.78. The van der Waals surface area contributed by atoms with Crippen LogP contribution < -0.4 is 5.73 Å². The fraction of sp³-hybridized carbons (Fsp3) is 0.385. The zero-order valence-electron chi connectivity index (χ0n) is 9.28. The molecule has 1 aromatic carbocycles. The van der Waals surface area contributed by atoms with Gasteiger partial charge in [-0.2, -0.15) is 0 Å². The van der Waals surface area contributed by atoms with Crippen molar-refractivity contribution in [2.75, 3.05) is 13.2 Å². The van der Waals surface area contributed by atoms with E-state index in [1.807, 2.05) is 25.1 Å². The van der Waals surface area contributed by atoms with E-state index < -0.39 is 0 Å². The van der Waals surface area contributed by atoms with Crippen LogP contribution in [0.5, 0.6) is 0 Å². The average molecular weight is 205 g/mol. The van der Waals surface area contributed by atoms with Gasteiger partial charge in [0, 0.05) is 5.92 Å². The SMILES string of the molecule is C=C(OCC)C(CCN)c1ccccc1. The molecule has 0 radical (unpaired) electrons. The highest BCUT2D eigenvalue weighted by Gasteiger charge is 2.14. The molecule has 1 rings (SSSR count). The molecule has 1 unspecified atom stereocenters. The van der Waals surface area contributed by atoms with Gasteiger partial charge in [0.2, 0.25) is 0 Å². The first-order valence-corrected chi connectivity index (χ1v) is 5.36. The summed E-state index contributed by atoms with van der Waals surface area (Å²) >= 11 is 0. The van der Waals surface area contributed by atoms with Gasteiger partial charge >= 0.3 is 0 Å². The summed E-state index contributed by atoms with van der Waals surface area (Å²) in [5, 5.41) is 0. The summed E-state index contributed by atoms with van der Waals surface area (Å²) in [4.78, 5) is 0. The smallest absolute Gasteiger partial charge is 0.0963 e. The maximum atomic E-state index is 5.60. The van der Waals surface area contributed by atoms with E-state index in [1.54, 1.807) is 0 Å². The van der Waals surface area contributed by atoms with Crippen molar-refractivity contribution in [1.82, 2.24) is 0 Å². The number of hydrogen-bond acceptors (Lipinski definition) is 2. The molecule has 0 spiro atoms. The highest BCUT2D eigenvalue weighted by Crippen LogP contribution is 2.26.